The molecule has 1 fully saturated rings. The van der Waals surface area contributed by atoms with Gasteiger partial charge < -0.3 is 5.32 Å². The second kappa shape index (κ2) is 5.20. The first-order valence-electron chi connectivity index (χ1n) is 7.31. The van der Waals surface area contributed by atoms with E-state index in [1.807, 2.05) is 12.4 Å². The third-order valence-electron chi connectivity index (χ3n) is 4.22. The van der Waals surface area contributed by atoms with Gasteiger partial charge in [0.05, 0.1) is 0 Å². The molecule has 2 heteroatoms. The Labute approximate surface area is 115 Å². The van der Waals surface area contributed by atoms with Gasteiger partial charge in [-0.3, -0.25) is 4.98 Å². The van der Waals surface area contributed by atoms with Gasteiger partial charge in [-0.1, -0.05) is 26.0 Å². The molecule has 1 aromatic heterocycles. The first-order chi connectivity index (χ1) is 9.22. The first kappa shape index (κ1) is 12.5. The molecule has 100 valence electrons. The van der Waals surface area contributed by atoms with Crippen LogP contribution in [0.1, 0.15) is 33.1 Å². The SMILES string of the molecule is CC1CC(C)CC(Nc2cccc3cnccc23)C1. The lowest BCUT2D eigenvalue weighted by Crippen LogP contribution is -2.30. The average molecular weight is 254 g/mol. The topological polar surface area (TPSA) is 24.9 Å². The van der Waals surface area contributed by atoms with E-state index >= 15 is 0 Å². The summed E-state index contributed by atoms with van der Waals surface area (Å²) in [5, 5.41) is 6.25. The molecule has 2 nitrogen and oxygen atoms in total. The Balaban J connectivity index is 1.85. The van der Waals surface area contributed by atoms with Crippen LogP contribution in [0.3, 0.4) is 0 Å². The summed E-state index contributed by atoms with van der Waals surface area (Å²) in [6.45, 7) is 4.74. The molecule has 0 spiro atoms. The maximum atomic E-state index is 4.20. The Kier molecular flexibility index (Phi) is 3.41. The minimum Gasteiger partial charge on any atom is -0.382 e. The molecule has 0 bridgehead atoms. The Hall–Kier alpha value is -1.57. The summed E-state index contributed by atoms with van der Waals surface area (Å²) in [6.07, 6.45) is 7.75. The summed E-state index contributed by atoms with van der Waals surface area (Å²) < 4.78 is 0. The second-order valence-electron chi connectivity index (χ2n) is 6.16. The highest BCUT2D eigenvalue weighted by molar-refractivity contribution is 5.93. The number of hydrogen-bond donors (Lipinski definition) is 1. The van der Waals surface area contributed by atoms with Crippen LogP contribution in [0.5, 0.6) is 0 Å². The maximum absolute atomic E-state index is 4.20. The standard InChI is InChI=1S/C17H22N2/c1-12-8-13(2)10-15(9-12)19-17-5-3-4-14-11-18-7-6-16(14)17/h3-7,11-13,15,19H,8-10H2,1-2H3. The normalized spacial score (nSPS) is 27.4. The van der Waals surface area contributed by atoms with E-state index in [1.54, 1.807) is 0 Å². The molecule has 3 rings (SSSR count). The van der Waals surface area contributed by atoms with Crippen LogP contribution in [0.4, 0.5) is 5.69 Å². The summed E-state index contributed by atoms with van der Waals surface area (Å²) in [5.74, 6) is 1.66. The summed E-state index contributed by atoms with van der Waals surface area (Å²) >= 11 is 0. The second-order valence-corrected chi connectivity index (χ2v) is 6.16. The molecule has 19 heavy (non-hydrogen) atoms. The minimum atomic E-state index is 0.609. The van der Waals surface area contributed by atoms with Gasteiger partial charge in [0.25, 0.3) is 0 Å². The lowest BCUT2D eigenvalue weighted by atomic mass is 9.80. The quantitative estimate of drug-likeness (QED) is 0.855. The zero-order chi connectivity index (χ0) is 13.2. The summed E-state index contributed by atoms with van der Waals surface area (Å²) in [5.41, 5.74) is 1.26. The van der Waals surface area contributed by atoms with Crippen molar-refractivity contribution in [3.05, 3.63) is 36.7 Å². The Morgan fingerprint density at radius 2 is 1.84 bits per heavy atom. The van der Waals surface area contributed by atoms with Gasteiger partial charge in [-0.15, -0.1) is 0 Å². The van der Waals surface area contributed by atoms with Gasteiger partial charge in [0.2, 0.25) is 0 Å². The number of anilines is 1. The lowest BCUT2D eigenvalue weighted by Gasteiger charge is -2.32. The van der Waals surface area contributed by atoms with Crippen molar-refractivity contribution in [3.63, 3.8) is 0 Å². The van der Waals surface area contributed by atoms with Crippen LogP contribution in [0.25, 0.3) is 10.8 Å². The van der Waals surface area contributed by atoms with Crippen molar-refractivity contribution in [2.24, 2.45) is 11.8 Å². The molecule has 0 saturated heterocycles. The predicted molar refractivity (Wildman–Crippen MR) is 81.3 cm³/mol. The fraction of sp³-hybridized carbons (Fsp3) is 0.471. The highest BCUT2D eigenvalue weighted by Gasteiger charge is 2.23. The monoisotopic (exact) mass is 254 g/mol. The molecular formula is C17H22N2. The first-order valence-corrected chi connectivity index (χ1v) is 7.31. The van der Waals surface area contributed by atoms with Crippen molar-refractivity contribution in [2.45, 2.75) is 39.2 Å². The van der Waals surface area contributed by atoms with Crippen LogP contribution in [0, 0.1) is 11.8 Å². The molecule has 0 radical (unpaired) electrons. The molecule has 0 aliphatic heterocycles. The third kappa shape index (κ3) is 2.73. The lowest BCUT2D eigenvalue weighted by molar-refractivity contribution is 0.281. The van der Waals surface area contributed by atoms with Crippen molar-refractivity contribution in [1.29, 1.82) is 0 Å². The third-order valence-corrected chi connectivity index (χ3v) is 4.22. The molecule has 2 aromatic rings. The number of nitrogens with zero attached hydrogens (tertiary/aromatic N) is 1. The molecule has 1 heterocycles. The van der Waals surface area contributed by atoms with Crippen LogP contribution < -0.4 is 5.32 Å². The maximum Gasteiger partial charge on any atom is 0.0423 e. The largest absolute Gasteiger partial charge is 0.382 e. The zero-order valence-corrected chi connectivity index (χ0v) is 11.8. The van der Waals surface area contributed by atoms with Crippen LogP contribution in [-0.4, -0.2) is 11.0 Å². The fourth-order valence-electron chi connectivity index (χ4n) is 3.53. The Morgan fingerprint density at radius 1 is 1.05 bits per heavy atom. The summed E-state index contributed by atoms with van der Waals surface area (Å²) in [4.78, 5) is 4.20. The van der Waals surface area contributed by atoms with E-state index in [1.165, 1.54) is 35.7 Å². The van der Waals surface area contributed by atoms with Crippen LogP contribution >= 0.6 is 0 Å². The van der Waals surface area contributed by atoms with Crippen LogP contribution in [0.15, 0.2) is 36.7 Å². The Morgan fingerprint density at radius 3 is 2.63 bits per heavy atom. The zero-order valence-electron chi connectivity index (χ0n) is 11.8. The number of nitrogens with one attached hydrogen (secondary N) is 1. The van der Waals surface area contributed by atoms with Gasteiger partial charge in [0, 0.05) is 34.9 Å². The average Bonchev–Trinajstić information content (AvgIpc) is 2.38. The molecule has 1 N–H and O–H groups in total. The molecule has 0 amide bonds. The van der Waals surface area contributed by atoms with E-state index in [-0.39, 0.29) is 0 Å². The van der Waals surface area contributed by atoms with Gasteiger partial charge in [-0.05, 0) is 43.2 Å². The molecule has 1 saturated carbocycles. The van der Waals surface area contributed by atoms with E-state index in [0.29, 0.717) is 6.04 Å². The fourth-order valence-corrected chi connectivity index (χ4v) is 3.53. The summed E-state index contributed by atoms with van der Waals surface area (Å²) in [6, 6.07) is 9.14. The molecule has 1 aliphatic carbocycles. The number of pyridine rings is 1. The van der Waals surface area contributed by atoms with Gasteiger partial charge in [0.15, 0.2) is 0 Å². The predicted octanol–water partition coefficient (Wildman–Crippen LogP) is 4.47. The molecule has 1 aromatic carbocycles. The molecule has 2 atom stereocenters. The number of benzene rings is 1. The van der Waals surface area contributed by atoms with E-state index < -0.39 is 0 Å². The molecular weight excluding hydrogens is 232 g/mol. The van der Waals surface area contributed by atoms with Crippen LogP contribution in [0.2, 0.25) is 0 Å². The highest BCUT2D eigenvalue weighted by atomic mass is 14.9. The number of rotatable bonds is 2. The smallest absolute Gasteiger partial charge is 0.0423 e. The van der Waals surface area contributed by atoms with E-state index in [2.05, 4.69) is 48.4 Å². The van der Waals surface area contributed by atoms with Gasteiger partial charge in [0.1, 0.15) is 0 Å². The van der Waals surface area contributed by atoms with Crippen molar-refractivity contribution >= 4 is 16.5 Å². The summed E-state index contributed by atoms with van der Waals surface area (Å²) in [7, 11) is 0. The van der Waals surface area contributed by atoms with E-state index in [4.69, 9.17) is 0 Å². The van der Waals surface area contributed by atoms with Crippen molar-refractivity contribution in [2.75, 3.05) is 5.32 Å². The highest BCUT2D eigenvalue weighted by Crippen LogP contribution is 2.32. The number of fused-ring (bicyclic) bond motifs is 1. The van der Waals surface area contributed by atoms with Gasteiger partial charge in [-0.2, -0.15) is 0 Å². The molecule has 1 aliphatic rings. The Bertz CT molecular complexity index is 549. The van der Waals surface area contributed by atoms with Crippen molar-refractivity contribution in [1.82, 2.24) is 4.98 Å². The van der Waals surface area contributed by atoms with E-state index in [9.17, 15) is 0 Å². The van der Waals surface area contributed by atoms with E-state index in [0.717, 1.165) is 11.8 Å². The van der Waals surface area contributed by atoms with Crippen LogP contribution in [-0.2, 0) is 0 Å². The van der Waals surface area contributed by atoms with Crippen molar-refractivity contribution < 1.29 is 0 Å². The van der Waals surface area contributed by atoms with Gasteiger partial charge in [-0.25, -0.2) is 0 Å². The minimum absolute atomic E-state index is 0.609. The number of hydrogen-bond acceptors (Lipinski definition) is 2. The number of aromatic nitrogens is 1. The van der Waals surface area contributed by atoms with Crippen molar-refractivity contribution in [3.8, 4) is 0 Å². The molecule has 2 unspecified atom stereocenters. The van der Waals surface area contributed by atoms with Gasteiger partial charge >= 0.3 is 0 Å².